The molecule has 12 heavy (non-hydrogen) atoms. The molecule has 0 radical (unpaired) electrons. The monoisotopic (exact) mass is 167 g/mol. The third-order valence-corrected chi connectivity index (χ3v) is 1.97. The molecule has 1 aromatic heterocycles. The van der Waals surface area contributed by atoms with Gasteiger partial charge < -0.3 is 10.3 Å². The van der Waals surface area contributed by atoms with E-state index in [2.05, 4.69) is 0 Å². The Morgan fingerprint density at radius 3 is 2.67 bits per heavy atom. The molecule has 66 valence electrons. The first kappa shape index (κ1) is 9.00. The van der Waals surface area contributed by atoms with Crippen LogP contribution in [0.25, 0.3) is 0 Å². The van der Waals surface area contributed by atoms with Crippen LogP contribution in [0.3, 0.4) is 0 Å². The molecule has 1 rings (SSSR count). The highest BCUT2D eigenvalue weighted by atomic mass is 16.5. The summed E-state index contributed by atoms with van der Waals surface area (Å²) in [5.41, 5.74) is 2.69. The Kier molecular flexibility index (Phi) is 2.65. The van der Waals surface area contributed by atoms with Crippen LogP contribution in [-0.4, -0.2) is 11.7 Å². The van der Waals surface area contributed by atoms with Crippen LogP contribution in [0.15, 0.2) is 12.3 Å². The maximum Gasteiger partial charge on any atom is 0.195 e. The molecule has 0 unspecified atom stereocenters. The van der Waals surface area contributed by atoms with E-state index in [0.29, 0.717) is 12.1 Å². The Morgan fingerprint density at radius 2 is 2.08 bits per heavy atom. The molecule has 0 saturated heterocycles. The molecular weight excluding hydrogens is 154 g/mol. The summed E-state index contributed by atoms with van der Waals surface area (Å²) in [5, 5.41) is 19.8. The van der Waals surface area contributed by atoms with Gasteiger partial charge in [-0.1, -0.05) is 0 Å². The van der Waals surface area contributed by atoms with E-state index in [9.17, 15) is 5.21 Å². The van der Waals surface area contributed by atoms with Gasteiger partial charge in [0.1, 0.15) is 0 Å². The van der Waals surface area contributed by atoms with Crippen molar-refractivity contribution < 1.29 is 9.84 Å². The molecule has 0 spiro atoms. The Hall–Kier alpha value is -1.09. The normalized spacial score (nSPS) is 10.2. The van der Waals surface area contributed by atoms with Crippen LogP contribution in [-0.2, 0) is 6.42 Å². The molecule has 0 fully saturated rings. The first-order valence-corrected chi connectivity index (χ1v) is 3.95. The zero-order valence-electron chi connectivity index (χ0n) is 7.37. The second-order valence-corrected chi connectivity index (χ2v) is 2.93. The van der Waals surface area contributed by atoms with Crippen molar-refractivity contribution in [1.29, 1.82) is 0 Å². The molecule has 0 aliphatic heterocycles. The lowest BCUT2D eigenvalue weighted by Crippen LogP contribution is -2.32. The van der Waals surface area contributed by atoms with Crippen LogP contribution >= 0.6 is 0 Å². The minimum Gasteiger partial charge on any atom is -0.618 e. The highest BCUT2D eigenvalue weighted by molar-refractivity contribution is 5.20. The van der Waals surface area contributed by atoms with Crippen molar-refractivity contribution in [2.75, 3.05) is 6.61 Å². The van der Waals surface area contributed by atoms with Crippen LogP contribution < -0.4 is 4.73 Å². The molecule has 3 nitrogen and oxygen atoms in total. The molecule has 1 aromatic rings. The molecule has 0 bridgehead atoms. The number of rotatable bonds is 2. The molecular formula is C9H13NO2. The van der Waals surface area contributed by atoms with Crippen LogP contribution in [0.4, 0.5) is 0 Å². The van der Waals surface area contributed by atoms with Crippen molar-refractivity contribution in [3.05, 3.63) is 34.3 Å². The van der Waals surface area contributed by atoms with Crippen LogP contribution in [0.2, 0.25) is 0 Å². The minimum atomic E-state index is 0.0186. The van der Waals surface area contributed by atoms with E-state index in [1.807, 2.05) is 19.9 Å². The Balaban J connectivity index is 3.05. The predicted molar refractivity (Wildman–Crippen MR) is 45.7 cm³/mol. The SMILES string of the molecule is Cc1cc(CCO)[n+]([O-])cc1C. The van der Waals surface area contributed by atoms with Crippen molar-refractivity contribution in [3.8, 4) is 0 Å². The molecule has 0 aliphatic carbocycles. The fourth-order valence-corrected chi connectivity index (χ4v) is 1.08. The average molecular weight is 167 g/mol. The van der Waals surface area contributed by atoms with Gasteiger partial charge in [0.05, 0.1) is 13.0 Å². The maximum atomic E-state index is 11.2. The number of aryl methyl sites for hydroxylation is 2. The van der Waals surface area contributed by atoms with E-state index in [1.165, 1.54) is 0 Å². The third-order valence-electron chi connectivity index (χ3n) is 1.97. The van der Waals surface area contributed by atoms with E-state index >= 15 is 0 Å². The van der Waals surface area contributed by atoms with Crippen molar-refractivity contribution in [3.63, 3.8) is 0 Å². The van der Waals surface area contributed by atoms with E-state index in [4.69, 9.17) is 5.11 Å². The van der Waals surface area contributed by atoms with Crippen LogP contribution in [0.5, 0.6) is 0 Å². The summed E-state index contributed by atoms with van der Waals surface area (Å²) >= 11 is 0. The van der Waals surface area contributed by atoms with Gasteiger partial charge in [-0.15, -0.1) is 0 Å². The zero-order valence-corrected chi connectivity index (χ0v) is 7.37. The van der Waals surface area contributed by atoms with Crippen molar-refractivity contribution >= 4 is 0 Å². The summed E-state index contributed by atoms with van der Waals surface area (Å²) in [6.07, 6.45) is 1.96. The first-order valence-electron chi connectivity index (χ1n) is 3.95. The molecule has 1 N–H and O–H groups in total. The van der Waals surface area contributed by atoms with Gasteiger partial charge >= 0.3 is 0 Å². The minimum absolute atomic E-state index is 0.0186. The standard InChI is InChI=1S/C9H13NO2/c1-7-5-9(3-4-11)10(12)6-8(7)2/h5-6,11H,3-4H2,1-2H3. The average Bonchev–Trinajstić information content (AvgIpc) is 2.01. The summed E-state index contributed by atoms with van der Waals surface area (Å²) in [7, 11) is 0. The van der Waals surface area contributed by atoms with Crippen molar-refractivity contribution in [1.82, 2.24) is 0 Å². The molecule has 0 amide bonds. The van der Waals surface area contributed by atoms with Crippen molar-refractivity contribution in [2.45, 2.75) is 20.3 Å². The Bertz CT molecular complexity index is 284. The summed E-state index contributed by atoms with van der Waals surface area (Å²) in [6, 6.07) is 1.82. The van der Waals surface area contributed by atoms with Gasteiger partial charge in [0.2, 0.25) is 0 Å². The first-order chi connectivity index (χ1) is 5.65. The molecule has 0 atom stereocenters. The number of hydrogen-bond donors (Lipinski definition) is 1. The number of nitrogens with zero attached hydrogens (tertiary/aromatic N) is 1. The van der Waals surface area contributed by atoms with Gasteiger partial charge in [0, 0.05) is 11.6 Å². The largest absolute Gasteiger partial charge is 0.618 e. The third kappa shape index (κ3) is 1.74. The van der Waals surface area contributed by atoms with Gasteiger partial charge in [-0.25, -0.2) is 0 Å². The fraction of sp³-hybridized carbons (Fsp3) is 0.444. The van der Waals surface area contributed by atoms with E-state index in [1.54, 1.807) is 6.20 Å². The molecule has 0 aliphatic rings. The predicted octanol–water partition coefficient (Wildman–Crippen LogP) is 0.472. The summed E-state index contributed by atoms with van der Waals surface area (Å²) in [5.74, 6) is 0. The fourth-order valence-electron chi connectivity index (χ4n) is 1.08. The van der Waals surface area contributed by atoms with Crippen LogP contribution in [0.1, 0.15) is 16.8 Å². The number of aromatic nitrogens is 1. The lowest BCUT2D eigenvalue weighted by atomic mass is 10.1. The lowest BCUT2D eigenvalue weighted by molar-refractivity contribution is -0.614. The molecule has 3 heteroatoms. The highest BCUT2D eigenvalue weighted by Gasteiger charge is 2.06. The van der Waals surface area contributed by atoms with Crippen molar-refractivity contribution in [2.24, 2.45) is 0 Å². The Labute approximate surface area is 71.9 Å². The lowest BCUT2D eigenvalue weighted by Gasteiger charge is -2.05. The van der Waals surface area contributed by atoms with Gasteiger partial charge in [-0.05, 0) is 19.4 Å². The van der Waals surface area contributed by atoms with Crippen LogP contribution in [0, 0.1) is 19.1 Å². The smallest absolute Gasteiger partial charge is 0.195 e. The highest BCUT2D eigenvalue weighted by Crippen LogP contribution is 2.04. The Morgan fingerprint density at radius 1 is 1.42 bits per heavy atom. The van der Waals surface area contributed by atoms with E-state index < -0.39 is 0 Å². The number of pyridine rings is 1. The summed E-state index contributed by atoms with van der Waals surface area (Å²) < 4.78 is 0.818. The van der Waals surface area contributed by atoms with Gasteiger partial charge in [-0.2, -0.15) is 4.73 Å². The number of aliphatic hydroxyl groups excluding tert-OH is 1. The zero-order chi connectivity index (χ0) is 9.14. The quantitative estimate of drug-likeness (QED) is 0.514. The van der Waals surface area contributed by atoms with E-state index in [0.717, 1.165) is 15.9 Å². The van der Waals surface area contributed by atoms with Gasteiger partial charge in [0.25, 0.3) is 0 Å². The molecule has 1 heterocycles. The maximum absolute atomic E-state index is 11.2. The summed E-state index contributed by atoms with van der Waals surface area (Å²) in [6.45, 7) is 3.87. The second-order valence-electron chi connectivity index (χ2n) is 2.93. The van der Waals surface area contributed by atoms with Gasteiger partial charge in [-0.3, -0.25) is 0 Å². The number of hydrogen-bond acceptors (Lipinski definition) is 2. The summed E-state index contributed by atoms with van der Waals surface area (Å²) in [4.78, 5) is 0. The molecule has 0 saturated carbocycles. The van der Waals surface area contributed by atoms with Gasteiger partial charge in [0.15, 0.2) is 11.9 Å². The molecule has 0 aromatic carbocycles. The number of aliphatic hydroxyl groups is 1. The second kappa shape index (κ2) is 3.54. The topological polar surface area (TPSA) is 47.2 Å². The van der Waals surface area contributed by atoms with E-state index in [-0.39, 0.29) is 6.61 Å².